The Bertz CT molecular complexity index is 585. The molecule has 0 radical (unpaired) electrons. The Morgan fingerprint density at radius 2 is 1.89 bits per heavy atom. The van der Waals surface area contributed by atoms with Gasteiger partial charge in [-0.25, -0.2) is 0 Å². The molecular weight excluding hydrogens is 324 g/mol. The molecule has 0 aliphatic carbocycles. The van der Waals surface area contributed by atoms with Crippen LogP contribution in [0, 0.1) is 20.8 Å². The van der Waals surface area contributed by atoms with Crippen molar-refractivity contribution in [2.45, 2.75) is 26.9 Å². The fourth-order valence-corrected chi connectivity index (χ4v) is 3.65. The Balaban J connectivity index is 2.49. The molecule has 1 heterocycles. The lowest BCUT2D eigenvalue weighted by Gasteiger charge is -2.17. The van der Waals surface area contributed by atoms with Crippen molar-refractivity contribution in [3.63, 3.8) is 0 Å². The molecule has 1 aromatic heterocycles. The van der Waals surface area contributed by atoms with E-state index in [1.807, 2.05) is 39.0 Å². The van der Waals surface area contributed by atoms with Gasteiger partial charge in [0.25, 0.3) is 0 Å². The molecule has 0 amide bonds. The maximum atomic E-state index is 10.6. The molecule has 102 valence electrons. The molecule has 1 atom stereocenters. The number of hydrogen-bond donors (Lipinski definition) is 1. The van der Waals surface area contributed by atoms with Crippen LogP contribution in [-0.4, -0.2) is 12.2 Å². The van der Waals surface area contributed by atoms with E-state index in [-0.39, 0.29) is 0 Å². The number of hydrogen-bond acceptors (Lipinski definition) is 3. The van der Waals surface area contributed by atoms with Crippen molar-refractivity contribution in [2.24, 2.45) is 0 Å². The molecular formula is C15H17BrO2S. The minimum absolute atomic E-state index is 0.649. The summed E-state index contributed by atoms with van der Waals surface area (Å²) < 4.78 is 6.53. The fourth-order valence-electron chi connectivity index (χ4n) is 2.07. The Labute approximate surface area is 126 Å². The van der Waals surface area contributed by atoms with Crippen LogP contribution in [0.4, 0.5) is 0 Å². The van der Waals surface area contributed by atoms with Crippen molar-refractivity contribution in [1.82, 2.24) is 0 Å². The maximum Gasteiger partial charge on any atom is 0.128 e. The molecule has 0 aliphatic heterocycles. The first-order chi connectivity index (χ1) is 8.95. The number of aryl methyl sites for hydroxylation is 2. The number of aliphatic hydroxyl groups is 1. The van der Waals surface area contributed by atoms with Gasteiger partial charge in [-0.1, -0.05) is 12.1 Å². The maximum absolute atomic E-state index is 10.6. The number of halogens is 1. The lowest BCUT2D eigenvalue weighted by Crippen LogP contribution is -2.03. The van der Waals surface area contributed by atoms with Crippen LogP contribution >= 0.6 is 27.3 Å². The van der Waals surface area contributed by atoms with Crippen molar-refractivity contribution in [2.75, 3.05) is 7.11 Å². The highest BCUT2D eigenvalue weighted by Crippen LogP contribution is 2.38. The van der Waals surface area contributed by atoms with E-state index in [2.05, 4.69) is 15.9 Å². The van der Waals surface area contributed by atoms with Gasteiger partial charge >= 0.3 is 0 Å². The molecule has 2 rings (SSSR count). The van der Waals surface area contributed by atoms with Crippen molar-refractivity contribution in [1.29, 1.82) is 0 Å². The fraction of sp³-hybridized carbons (Fsp3) is 0.333. The predicted molar refractivity (Wildman–Crippen MR) is 83.3 cm³/mol. The first-order valence-electron chi connectivity index (χ1n) is 6.03. The second kappa shape index (κ2) is 5.65. The van der Waals surface area contributed by atoms with Crippen molar-refractivity contribution < 1.29 is 9.84 Å². The number of rotatable bonds is 3. The highest BCUT2D eigenvalue weighted by atomic mass is 79.9. The summed E-state index contributed by atoms with van der Waals surface area (Å²) >= 11 is 5.05. The van der Waals surface area contributed by atoms with Gasteiger partial charge in [0.2, 0.25) is 0 Å². The van der Waals surface area contributed by atoms with Crippen molar-refractivity contribution >= 4 is 27.3 Å². The van der Waals surface area contributed by atoms with Gasteiger partial charge in [0, 0.05) is 10.4 Å². The third kappa shape index (κ3) is 2.71. The zero-order valence-corrected chi connectivity index (χ0v) is 13.9. The molecule has 0 bridgehead atoms. The Kier molecular flexibility index (Phi) is 4.33. The van der Waals surface area contributed by atoms with E-state index in [0.29, 0.717) is 0 Å². The van der Waals surface area contributed by atoms with Gasteiger partial charge in [0.05, 0.1) is 10.9 Å². The summed E-state index contributed by atoms with van der Waals surface area (Å²) in [6, 6.07) is 5.97. The van der Waals surface area contributed by atoms with E-state index in [9.17, 15) is 5.11 Å². The van der Waals surface area contributed by atoms with Crippen molar-refractivity contribution in [3.05, 3.63) is 49.1 Å². The predicted octanol–water partition coefficient (Wildman–Crippen LogP) is 4.53. The van der Waals surface area contributed by atoms with Crippen LogP contribution in [0.25, 0.3) is 0 Å². The number of benzene rings is 1. The highest BCUT2D eigenvalue weighted by molar-refractivity contribution is 9.11. The molecule has 4 heteroatoms. The number of methoxy groups -OCH3 is 1. The van der Waals surface area contributed by atoms with Crippen LogP contribution in [-0.2, 0) is 0 Å². The molecule has 0 fully saturated rings. The van der Waals surface area contributed by atoms with Gasteiger partial charge in [0.15, 0.2) is 0 Å². The molecule has 1 aromatic carbocycles. The second-order valence-corrected chi connectivity index (χ2v) is 7.04. The summed E-state index contributed by atoms with van der Waals surface area (Å²) in [7, 11) is 1.65. The Hall–Kier alpha value is -0.840. The van der Waals surface area contributed by atoms with E-state index >= 15 is 0 Å². The SMILES string of the molecule is COc1c(C(O)c2cc(C)c(Br)s2)ccc(C)c1C. The Morgan fingerprint density at radius 3 is 2.42 bits per heavy atom. The van der Waals surface area contributed by atoms with Crippen molar-refractivity contribution in [3.8, 4) is 5.75 Å². The van der Waals surface area contributed by atoms with Crippen LogP contribution in [0.5, 0.6) is 5.75 Å². The molecule has 0 saturated heterocycles. The average molecular weight is 341 g/mol. The van der Waals surface area contributed by atoms with Crippen LogP contribution in [0.2, 0.25) is 0 Å². The summed E-state index contributed by atoms with van der Waals surface area (Å²) in [5.41, 5.74) is 4.20. The van der Waals surface area contributed by atoms with E-state index in [4.69, 9.17) is 4.74 Å². The number of aliphatic hydroxyl groups excluding tert-OH is 1. The van der Waals surface area contributed by atoms with Gasteiger partial charge in [-0.2, -0.15) is 0 Å². The van der Waals surface area contributed by atoms with E-state index in [1.165, 1.54) is 0 Å². The van der Waals surface area contributed by atoms with Crippen LogP contribution in [0.1, 0.15) is 33.2 Å². The van der Waals surface area contributed by atoms with Crippen LogP contribution in [0.15, 0.2) is 22.0 Å². The normalized spacial score (nSPS) is 12.5. The topological polar surface area (TPSA) is 29.5 Å². The standard InChI is InChI=1S/C15H17BrO2S/c1-8-5-6-11(14(18-4)10(8)3)13(17)12-7-9(2)15(16)19-12/h5-7,13,17H,1-4H3. The lowest BCUT2D eigenvalue weighted by molar-refractivity contribution is 0.218. The molecule has 2 aromatic rings. The molecule has 0 saturated carbocycles. The smallest absolute Gasteiger partial charge is 0.128 e. The Morgan fingerprint density at radius 1 is 1.21 bits per heavy atom. The number of ether oxygens (including phenoxy) is 1. The molecule has 1 unspecified atom stereocenters. The molecule has 19 heavy (non-hydrogen) atoms. The van der Waals surface area contributed by atoms with Gasteiger partial charge in [0.1, 0.15) is 11.9 Å². The van der Waals surface area contributed by atoms with Gasteiger partial charge in [-0.15, -0.1) is 11.3 Å². The summed E-state index contributed by atoms with van der Waals surface area (Å²) in [4.78, 5) is 0.922. The first kappa shape index (κ1) is 14.6. The molecule has 1 N–H and O–H groups in total. The summed E-state index contributed by atoms with van der Waals surface area (Å²) in [5.74, 6) is 0.773. The molecule has 0 aliphatic rings. The van der Waals surface area contributed by atoms with Gasteiger partial charge in [-0.3, -0.25) is 0 Å². The average Bonchev–Trinajstić information content (AvgIpc) is 2.72. The van der Waals surface area contributed by atoms with E-state index in [1.54, 1.807) is 18.4 Å². The van der Waals surface area contributed by atoms with Crippen LogP contribution in [0.3, 0.4) is 0 Å². The lowest BCUT2D eigenvalue weighted by atomic mass is 9.99. The monoisotopic (exact) mass is 340 g/mol. The highest BCUT2D eigenvalue weighted by Gasteiger charge is 2.20. The summed E-state index contributed by atoms with van der Waals surface area (Å²) in [6.45, 7) is 6.08. The summed E-state index contributed by atoms with van der Waals surface area (Å²) in [6.07, 6.45) is -0.649. The van der Waals surface area contributed by atoms with E-state index < -0.39 is 6.10 Å². The minimum Gasteiger partial charge on any atom is -0.496 e. The first-order valence-corrected chi connectivity index (χ1v) is 7.64. The summed E-state index contributed by atoms with van der Waals surface area (Å²) in [5, 5.41) is 10.6. The minimum atomic E-state index is -0.649. The third-order valence-electron chi connectivity index (χ3n) is 3.35. The largest absolute Gasteiger partial charge is 0.496 e. The second-order valence-electron chi connectivity index (χ2n) is 4.64. The molecule has 0 spiro atoms. The van der Waals surface area contributed by atoms with Crippen LogP contribution < -0.4 is 4.74 Å². The zero-order chi connectivity index (χ0) is 14.2. The third-order valence-corrected chi connectivity index (χ3v) is 5.54. The number of thiophene rings is 1. The quantitative estimate of drug-likeness (QED) is 0.889. The molecule has 2 nitrogen and oxygen atoms in total. The zero-order valence-electron chi connectivity index (χ0n) is 11.5. The van der Waals surface area contributed by atoms with Gasteiger partial charge in [-0.05, 0) is 59.5 Å². The van der Waals surface area contributed by atoms with E-state index in [0.717, 1.165) is 36.7 Å². The van der Waals surface area contributed by atoms with Gasteiger partial charge < -0.3 is 9.84 Å².